The van der Waals surface area contributed by atoms with Gasteiger partial charge in [-0.1, -0.05) is 71.4 Å². The Hall–Kier alpha value is -4.07. The van der Waals surface area contributed by atoms with Gasteiger partial charge in [0.15, 0.2) is 11.0 Å². The SMILES string of the molecule is Cc1ccc(-c2nnc(SCC(=O)Nc3ccc(Oc4ccccc4)cc3)n2-c2ccc(Cl)cc2)cc1. The van der Waals surface area contributed by atoms with Gasteiger partial charge in [0.2, 0.25) is 5.91 Å². The number of rotatable bonds is 8. The van der Waals surface area contributed by atoms with E-state index in [1.165, 1.54) is 11.8 Å². The second-order valence-corrected chi connectivity index (χ2v) is 9.64. The lowest BCUT2D eigenvalue weighted by atomic mass is 10.1. The molecule has 0 radical (unpaired) electrons. The van der Waals surface area contributed by atoms with Crippen LogP contribution in [0, 0.1) is 6.92 Å². The third-order valence-corrected chi connectivity index (χ3v) is 6.66. The molecule has 0 aliphatic rings. The highest BCUT2D eigenvalue weighted by Gasteiger charge is 2.17. The number of para-hydroxylation sites is 1. The van der Waals surface area contributed by atoms with Crippen LogP contribution in [-0.4, -0.2) is 26.4 Å². The first kappa shape index (κ1) is 24.6. The van der Waals surface area contributed by atoms with Gasteiger partial charge in [0.05, 0.1) is 5.75 Å². The Labute approximate surface area is 224 Å². The van der Waals surface area contributed by atoms with Crippen molar-refractivity contribution < 1.29 is 9.53 Å². The van der Waals surface area contributed by atoms with Gasteiger partial charge in [0.1, 0.15) is 11.5 Å². The van der Waals surface area contributed by atoms with Crippen molar-refractivity contribution in [2.24, 2.45) is 0 Å². The van der Waals surface area contributed by atoms with Gasteiger partial charge in [-0.3, -0.25) is 9.36 Å². The van der Waals surface area contributed by atoms with Gasteiger partial charge in [-0.25, -0.2) is 0 Å². The van der Waals surface area contributed by atoms with Crippen LogP contribution in [-0.2, 0) is 4.79 Å². The maximum absolute atomic E-state index is 12.7. The largest absolute Gasteiger partial charge is 0.457 e. The molecule has 1 heterocycles. The fourth-order valence-electron chi connectivity index (χ4n) is 3.63. The van der Waals surface area contributed by atoms with Crippen molar-refractivity contribution in [1.82, 2.24) is 14.8 Å². The van der Waals surface area contributed by atoms with Gasteiger partial charge in [-0.15, -0.1) is 10.2 Å². The number of carbonyl (C=O) groups excluding carboxylic acids is 1. The summed E-state index contributed by atoms with van der Waals surface area (Å²) < 4.78 is 7.75. The maximum atomic E-state index is 12.7. The molecule has 5 rings (SSSR count). The minimum Gasteiger partial charge on any atom is -0.457 e. The number of nitrogens with zero attached hydrogens (tertiary/aromatic N) is 3. The van der Waals surface area contributed by atoms with Crippen molar-refractivity contribution in [3.8, 4) is 28.6 Å². The molecule has 0 spiro atoms. The zero-order valence-electron chi connectivity index (χ0n) is 20.0. The first-order valence-corrected chi connectivity index (χ1v) is 13.0. The van der Waals surface area contributed by atoms with Gasteiger partial charge >= 0.3 is 0 Å². The maximum Gasteiger partial charge on any atom is 0.234 e. The van der Waals surface area contributed by atoms with E-state index in [0.717, 1.165) is 22.6 Å². The van der Waals surface area contributed by atoms with Crippen LogP contribution in [0.4, 0.5) is 5.69 Å². The van der Waals surface area contributed by atoms with Crippen LogP contribution in [0.2, 0.25) is 5.02 Å². The zero-order valence-corrected chi connectivity index (χ0v) is 21.5. The number of ether oxygens (including phenoxy) is 1. The van der Waals surface area contributed by atoms with Crippen molar-refractivity contribution in [1.29, 1.82) is 0 Å². The van der Waals surface area contributed by atoms with Crippen molar-refractivity contribution >= 4 is 35.0 Å². The number of amides is 1. The van der Waals surface area contributed by atoms with Crippen molar-refractivity contribution in [2.75, 3.05) is 11.1 Å². The highest BCUT2D eigenvalue weighted by molar-refractivity contribution is 7.99. The van der Waals surface area contributed by atoms with Crippen LogP contribution in [0.1, 0.15) is 5.56 Å². The molecule has 4 aromatic carbocycles. The van der Waals surface area contributed by atoms with Crippen LogP contribution in [0.5, 0.6) is 11.5 Å². The molecule has 0 aliphatic heterocycles. The van der Waals surface area contributed by atoms with E-state index in [2.05, 4.69) is 15.5 Å². The number of aromatic nitrogens is 3. The summed E-state index contributed by atoms with van der Waals surface area (Å²) in [4.78, 5) is 12.7. The number of anilines is 1. The Morgan fingerprint density at radius 1 is 0.865 bits per heavy atom. The summed E-state index contributed by atoms with van der Waals surface area (Å²) in [5.74, 6) is 2.16. The van der Waals surface area contributed by atoms with Crippen molar-refractivity contribution in [2.45, 2.75) is 12.1 Å². The van der Waals surface area contributed by atoms with Gasteiger partial charge < -0.3 is 10.1 Å². The van der Waals surface area contributed by atoms with Gasteiger partial charge in [-0.2, -0.15) is 0 Å². The normalized spacial score (nSPS) is 10.8. The molecule has 0 saturated carbocycles. The highest BCUT2D eigenvalue weighted by Crippen LogP contribution is 2.29. The second kappa shape index (κ2) is 11.3. The second-order valence-electron chi connectivity index (χ2n) is 8.26. The summed E-state index contributed by atoms with van der Waals surface area (Å²) in [6, 6.07) is 32.4. The van der Waals surface area contributed by atoms with Crippen LogP contribution < -0.4 is 10.1 Å². The number of halogens is 1. The summed E-state index contributed by atoms with van der Waals surface area (Å²) in [5.41, 5.74) is 3.64. The molecule has 37 heavy (non-hydrogen) atoms. The van der Waals surface area contributed by atoms with Crippen LogP contribution >= 0.6 is 23.4 Å². The number of thioether (sulfide) groups is 1. The van der Waals surface area contributed by atoms with Gasteiger partial charge in [0.25, 0.3) is 0 Å². The van der Waals surface area contributed by atoms with E-state index in [1.54, 1.807) is 0 Å². The molecule has 0 saturated heterocycles. The summed E-state index contributed by atoms with van der Waals surface area (Å²) in [6.07, 6.45) is 0. The molecule has 1 amide bonds. The molecule has 0 unspecified atom stereocenters. The number of carbonyl (C=O) groups is 1. The predicted molar refractivity (Wildman–Crippen MR) is 149 cm³/mol. The predicted octanol–water partition coefficient (Wildman–Crippen LogP) is 7.42. The molecule has 5 aromatic rings. The van der Waals surface area contributed by atoms with E-state index in [4.69, 9.17) is 16.3 Å². The monoisotopic (exact) mass is 526 g/mol. The van der Waals surface area contributed by atoms with Gasteiger partial charge in [0, 0.05) is 22.0 Å². The molecule has 0 bridgehead atoms. The van der Waals surface area contributed by atoms with E-state index >= 15 is 0 Å². The number of benzene rings is 4. The van der Waals surface area contributed by atoms with Crippen LogP contribution in [0.15, 0.2) is 108 Å². The molecule has 8 heteroatoms. The first-order valence-electron chi connectivity index (χ1n) is 11.6. The van der Waals surface area contributed by atoms with Crippen LogP contribution in [0.3, 0.4) is 0 Å². The lowest BCUT2D eigenvalue weighted by Crippen LogP contribution is -2.14. The summed E-state index contributed by atoms with van der Waals surface area (Å²) in [5, 5.41) is 13.0. The molecule has 0 fully saturated rings. The number of nitrogens with one attached hydrogen (secondary N) is 1. The fourth-order valence-corrected chi connectivity index (χ4v) is 4.51. The Bertz CT molecular complexity index is 1490. The number of aryl methyl sites for hydroxylation is 1. The lowest BCUT2D eigenvalue weighted by Gasteiger charge is -2.11. The fraction of sp³-hybridized carbons (Fsp3) is 0.0690. The number of hydrogen-bond acceptors (Lipinski definition) is 5. The average Bonchev–Trinajstić information content (AvgIpc) is 3.34. The third kappa shape index (κ3) is 6.20. The Morgan fingerprint density at radius 3 is 2.24 bits per heavy atom. The quantitative estimate of drug-likeness (QED) is 0.213. The Kier molecular flexibility index (Phi) is 7.54. The summed E-state index contributed by atoms with van der Waals surface area (Å²) >= 11 is 7.43. The molecule has 184 valence electrons. The molecule has 1 N–H and O–H groups in total. The van der Waals surface area contributed by atoms with E-state index < -0.39 is 0 Å². The zero-order chi connectivity index (χ0) is 25.6. The lowest BCUT2D eigenvalue weighted by molar-refractivity contribution is -0.113. The van der Waals surface area contributed by atoms with Crippen LogP contribution in [0.25, 0.3) is 17.1 Å². The number of hydrogen-bond donors (Lipinski definition) is 1. The molecular formula is C29H23ClN4O2S. The minimum absolute atomic E-state index is 0.149. The molecule has 0 atom stereocenters. The average molecular weight is 527 g/mol. The van der Waals surface area contributed by atoms with E-state index in [-0.39, 0.29) is 11.7 Å². The summed E-state index contributed by atoms with van der Waals surface area (Å²) in [6.45, 7) is 2.04. The molecule has 6 nitrogen and oxygen atoms in total. The van der Waals surface area contributed by atoms with E-state index in [0.29, 0.717) is 27.4 Å². The Morgan fingerprint density at radius 2 is 1.54 bits per heavy atom. The van der Waals surface area contributed by atoms with E-state index in [1.807, 2.05) is 115 Å². The van der Waals surface area contributed by atoms with Gasteiger partial charge in [-0.05, 0) is 67.6 Å². The van der Waals surface area contributed by atoms with Crippen molar-refractivity contribution in [3.05, 3.63) is 114 Å². The standard InChI is InChI=1S/C29H23ClN4O2S/c1-20-7-9-21(10-8-20)28-32-33-29(34(28)24-15-11-22(30)12-16-24)37-19-27(35)31-23-13-17-26(18-14-23)36-25-5-3-2-4-6-25/h2-18H,19H2,1H3,(H,31,35). The minimum atomic E-state index is -0.149. The molecule has 0 aliphatic carbocycles. The summed E-state index contributed by atoms with van der Waals surface area (Å²) in [7, 11) is 0. The Balaban J connectivity index is 1.29. The molecule has 1 aromatic heterocycles. The third-order valence-electron chi connectivity index (χ3n) is 5.48. The topological polar surface area (TPSA) is 69.0 Å². The highest BCUT2D eigenvalue weighted by atomic mass is 35.5. The first-order chi connectivity index (χ1) is 18.0. The molecular weight excluding hydrogens is 504 g/mol. The van der Waals surface area contributed by atoms with Crippen molar-refractivity contribution in [3.63, 3.8) is 0 Å². The van der Waals surface area contributed by atoms with E-state index in [9.17, 15) is 4.79 Å². The smallest absolute Gasteiger partial charge is 0.234 e.